The Bertz CT molecular complexity index is 694. The van der Waals surface area contributed by atoms with Gasteiger partial charge in [-0.05, 0) is 38.0 Å². The first kappa shape index (κ1) is 17.3. The third-order valence-electron chi connectivity index (χ3n) is 3.57. The van der Waals surface area contributed by atoms with Crippen molar-refractivity contribution in [3.63, 3.8) is 0 Å². The first-order valence-electron chi connectivity index (χ1n) is 7.54. The van der Waals surface area contributed by atoms with Crippen molar-refractivity contribution in [3.05, 3.63) is 44.9 Å². The maximum atomic E-state index is 5.36. The lowest BCUT2D eigenvalue weighted by Gasteiger charge is -2.13. The van der Waals surface area contributed by atoms with Crippen LogP contribution in [0.3, 0.4) is 0 Å². The molecule has 0 bridgehead atoms. The van der Waals surface area contributed by atoms with Gasteiger partial charge in [0.2, 0.25) is 0 Å². The number of thiazole rings is 1. The second-order valence-corrected chi connectivity index (χ2v) is 6.61. The lowest BCUT2D eigenvalue weighted by molar-refractivity contribution is 0.411. The molecule has 5 nitrogen and oxygen atoms in total. The SMILES string of the molecule is CN=C(NCc1ccc(C)c(OC)c1)NCc1sc(C)nc1C. The first-order chi connectivity index (χ1) is 11.0. The van der Waals surface area contributed by atoms with Crippen LogP contribution in [-0.4, -0.2) is 25.1 Å². The summed E-state index contributed by atoms with van der Waals surface area (Å²) in [6.45, 7) is 7.52. The van der Waals surface area contributed by atoms with E-state index in [1.807, 2.05) is 26.8 Å². The number of hydrogen-bond acceptors (Lipinski definition) is 4. The Balaban J connectivity index is 1.91. The largest absolute Gasteiger partial charge is 0.496 e. The number of benzene rings is 1. The Morgan fingerprint density at radius 1 is 1.22 bits per heavy atom. The van der Waals surface area contributed by atoms with Gasteiger partial charge in [-0.3, -0.25) is 4.99 Å². The quantitative estimate of drug-likeness (QED) is 0.653. The third-order valence-corrected chi connectivity index (χ3v) is 4.64. The van der Waals surface area contributed by atoms with Gasteiger partial charge in [0.1, 0.15) is 5.75 Å². The van der Waals surface area contributed by atoms with Crippen LogP contribution < -0.4 is 15.4 Å². The fraction of sp³-hybridized carbons (Fsp3) is 0.412. The van der Waals surface area contributed by atoms with E-state index in [4.69, 9.17) is 4.74 Å². The zero-order chi connectivity index (χ0) is 16.8. The number of guanidine groups is 1. The Morgan fingerprint density at radius 2 is 1.96 bits per heavy atom. The number of aryl methyl sites for hydroxylation is 3. The van der Waals surface area contributed by atoms with Crippen molar-refractivity contribution in [1.82, 2.24) is 15.6 Å². The molecule has 0 unspecified atom stereocenters. The maximum absolute atomic E-state index is 5.36. The molecule has 2 rings (SSSR count). The van der Waals surface area contributed by atoms with Crippen LogP contribution in [0.5, 0.6) is 5.75 Å². The van der Waals surface area contributed by atoms with Gasteiger partial charge in [0.25, 0.3) is 0 Å². The smallest absolute Gasteiger partial charge is 0.191 e. The van der Waals surface area contributed by atoms with Gasteiger partial charge in [0.15, 0.2) is 5.96 Å². The first-order valence-corrected chi connectivity index (χ1v) is 8.36. The highest BCUT2D eigenvalue weighted by Gasteiger charge is 2.06. The molecule has 2 N–H and O–H groups in total. The molecule has 1 aromatic heterocycles. The number of ether oxygens (including phenoxy) is 1. The summed E-state index contributed by atoms with van der Waals surface area (Å²) in [5.41, 5.74) is 3.37. The zero-order valence-corrected chi connectivity index (χ0v) is 15.2. The van der Waals surface area contributed by atoms with E-state index in [-0.39, 0.29) is 0 Å². The van der Waals surface area contributed by atoms with Gasteiger partial charge in [-0.25, -0.2) is 4.98 Å². The number of nitrogens with one attached hydrogen (secondary N) is 2. The molecule has 0 fully saturated rings. The molecule has 23 heavy (non-hydrogen) atoms. The average molecular weight is 332 g/mol. The summed E-state index contributed by atoms with van der Waals surface area (Å²) in [5.74, 6) is 1.68. The average Bonchev–Trinajstić information content (AvgIpc) is 2.86. The molecule has 2 aromatic rings. The molecule has 0 aliphatic heterocycles. The van der Waals surface area contributed by atoms with Crippen LogP contribution >= 0.6 is 11.3 Å². The molecule has 1 aromatic carbocycles. The van der Waals surface area contributed by atoms with E-state index in [2.05, 4.69) is 32.7 Å². The van der Waals surface area contributed by atoms with E-state index in [0.29, 0.717) is 6.54 Å². The molecular weight excluding hydrogens is 308 g/mol. The fourth-order valence-corrected chi connectivity index (χ4v) is 3.16. The summed E-state index contributed by atoms with van der Waals surface area (Å²) in [6.07, 6.45) is 0. The van der Waals surface area contributed by atoms with Crippen LogP contribution in [0.15, 0.2) is 23.2 Å². The molecule has 0 aliphatic rings. The van der Waals surface area contributed by atoms with Gasteiger partial charge in [-0.1, -0.05) is 12.1 Å². The van der Waals surface area contributed by atoms with Crippen LogP contribution in [0, 0.1) is 20.8 Å². The van der Waals surface area contributed by atoms with E-state index in [1.54, 1.807) is 25.5 Å². The van der Waals surface area contributed by atoms with Crippen molar-refractivity contribution in [2.75, 3.05) is 14.2 Å². The Morgan fingerprint density at radius 3 is 2.57 bits per heavy atom. The van der Waals surface area contributed by atoms with E-state index < -0.39 is 0 Å². The van der Waals surface area contributed by atoms with Gasteiger partial charge in [0.05, 0.1) is 24.4 Å². The summed E-state index contributed by atoms with van der Waals surface area (Å²) >= 11 is 1.71. The fourth-order valence-electron chi connectivity index (χ4n) is 2.28. The lowest BCUT2D eigenvalue weighted by Crippen LogP contribution is -2.36. The number of aliphatic imine (C=N–C) groups is 1. The number of nitrogens with zero attached hydrogens (tertiary/aromatic N) is 2. The second kappa shape index (κ2) is 7.97. The summed E-state index contributed by atoms with van der Waals surface area (Å²) in [4.78, 5) is 9.94. The summed E-state index contributed by atoms with van der Waals surface area (Å²) < 4.78 is 5.36. The minimum Gasteiger partial charge on any atom is -0.496 e. The normalized spacial score (nSPS) is 11.4. The highest BCUT2D eigenvalue weighted by molar-refractivity contribution is 7.11. The molecule has 0 spiro atoms. The molecule has 0 radical (unpaired) electrons. The Hall–Kier alpha value is -2.08. The predicted molar refractivity (Wildman–Crippen MR) is 96.4 cm³/mol. The number of methoxy groups -OCH3 is 1. The molecule has 124 valence electrons. The Kier molecular flexibility index (Phi) is 5.98. The summed E-state index contributed by atoms with van der Waals surface area (Å²) in [5, 5.41) is 7.74. The van der Waals surface area contributed by atoms with Crippen molar-refractivity contribution < 1.29 is 4.74 Å². The van der Waals surface area contributed by atoms with Gasteiger partial charge >= 0.3 is 0 Å². The molecular formula is C17H24N4OS. The molecule has 0 atom stereocenters. The van der Waals surface area contributed by atoms with E-state index in [1.165, 1.54) is 4.88 Å². The number of hydrogen-bond donors (Lipinski definition) is 2. The van der Waals surface area contributed by atoms with Gasteiger partial charge in [0, 0.05) is 18.5 Å². The van der Waals surface area contributed by atoms with Crippen LogP contribution in [0.4, 0.5) is 0 Å². The zero-order valence-electron chi connectivity index (χ0n) is 14.4. The number of aromatic nitrogens is 1. The van der Waals surface area contributed by atoms with E-state index in [9.17, 15) is 0 Å². The van der Waals surface area contributed by atoms with Crippen molar-refractivity contribution in [2.45, 2.75) is 33.9 Å². The molecule has 0 saturated carbocycles. The van der Waals surface area contributed by atoms with Crippen molar-refractivity contribution in [3.8, 4) is 5.75 Å². The summed E-state index contributed by atoms with van der Waals surface area (Å²) in [7, 11) is 3.47. The van der Waals surface area contributed by atoms with Crippen molar-refractivity contribution in [1.29, 1.82) is 0 Å². The monoisotopic (exact) mass is 332 g/mol. The minimum atomic E-state index is 0.691. The van der Waals surface area contributed by atoms with Gasteiger partial charge in [-0.2, -0.15) is 0 Å². The topological polar surface area (TPSA) is 58.5 Å². The van der Waals surface area contributed by atoms with Crippen molar-refractivity contribution >= 4 is 17.3 Å². The van der Waals surface area contributed by atoms with Crippen LogP contribution in [-0.2, 0) is 13.1 Å². The number of rotatable bonds is 5. The molecule has 0 amide bonds. The Labute approximate surface area is 141 Å². The van der Waals surface area contributed by atoms with Crippen LogP contribution in [0.1, 0.15) is 26.7 Å². The van der Waals surface area contributed by atoms with Gasteiger partial charge in [-0.15, -0.1) is 11.3 Å². The second-order valence-electron chi connectivity index (χ2n) is 5.32. The molecule has 1 heterocycles. The standard InChI is InChI=1S/C17H24N4OS/c1-11-6-7-14(8-15(11)22-5)9-19-17(18-4)20-10-16-12(2)21-13(3)23-16/h6-8H,9-10H2,1-5H3,(H2,18,19,20). The third kappa shape index (κ3) is 4.69. The summed E-state index contributed by atoms with van der Waals surface area (Å²) in [6, 6.07) is 6.20. The lowest BCUT2D eigenvalue weighted by atomic mass is 10.1. The van der Waals surface area contributed by atoms with Gasteiger partial charge < -0.3 is 15.4 Å². The minimum absolute atomic E-state index is 0.691. The van der Waals surface area contributed by atoms with Crippen LogP contribution in [0.2, 0.25) is 0 Å². The van der Waals surface area contributed by atoms with E-state index >= 15 is 0 Å². The highest BCUT2D eigenvalue weighted by atomic mass is 32.1. The molecule has 0 aliphatic carbocycles. The highest BCUT2D eigenvalue weighted by Crippen LogP contribution is 2.19. The predicted octanol–water partition coefficient (Wildman–Crippen LogP) is 2.94. The van der Waals surface area contributed by atoms with E-state index in [0.717, 1.165) is 40.1 Å². The molecule has 0 saturated heterocycles. The molecule has 6 heteroatoms. The van der Waals surface area contributed by atoms with Crippen LogP contribution in [0.25, 0.3) is 0 Å². The maximum Gasteiger partial charge on any atom is 0.191 e. The van der Waals surface area contributed by atoms with Crippen molar-refractivity contribution in [2.24, 2.45) is 4.99 Å².